The van der Waals surface area contributed by atoms with Gasteiger partial charge in [0.1, 0.15) is 11.4 Å². The van der Waals surface area contributed by atoms with Crippen molar-refractivity contribution in [1.82, 2.24) is 5.01 Å². The van der Waals surface area contributed by atoms with Crippen molar-refractivity contribution in [3.63, 3.8) is 0 Å². The van der Waals surface area contributed by atoms with E-state index in [0.29, 0.717) is 13.0 Å². The fraction of sp³-hybridized carbons (Fsp3) is 0.333. The van der Waals surface area contributed by atoms with Crippen LogP contribution in [-0.4, -0.2) is 40.8 Å². The van der Waals surface area contributed by atoms with Gasteiger partial charge in [-0.05, 0) is 44.5 Å². The third-order valence-electron chi connectivity index (χ3n) is 4.65. The summed E-state index contributed by atoms with van der Waals surface area (Å²) in [4.78, 5) is 36.9. The summed E-state index contributed by atoms with van der Waals surface area (Å²) in [6.07, 6.45) is -0.263. The number of halogens is 1. The summed E-state index contributed by atoms with van der Waals surface area (Å²) >= 11 is 0. The number of carbonyl (C=O) groups excluding carboxylic acids is 3. The zero-order valence-electron chi connectivity index (χ0n) is 18.9. The Balaban J connectivity index is 1.56. The van der Waals surface area contributed by atoms with Gasteiger partial charge >= 0.3 is 6.09 Å². The first kappa shape index (κ1) is 23.9. The number of nitrogens with zero attached hydrogens (tertiary/aromatic N) is 2. The van der Waals surface area contributed by atoms with E-state index >= 15 is 0 Å². The molecule has 0 saturated carbocycles. The molecule has 0 spiro atoms. The maximum absolute atomic E-state index is 13.7. The number of hydrogen-bond donors (Lipinski definition) is 2. The van der Waals surface area contributed by atoms with Crippen LogP contribution in [0.4, 0.5) is 20.6 Å². The van der Waals surface area contributed by atoms with Crippen LogP contribution in [0.2, 0.25) is 0 Å². The Morgan fingerprint density at radius 1 is 1.03 bits per heavy atom. The van der Waals surface area contributed by atoms with Gasteiger partial charge < -0.3 is 10.1 Å². The normalized spacial score (nSPS) is 13.3. The molecule has 0 atom stereocenters. The van der Waals surface area contributed by atoms with Crippen molar-refractivity contribution in [1.29, 1.82) is 0 Å². The standard InChI is InChI=1S/C24H27FN4O4/c1-24(2,3)33-23(32)27-19-10-9-17(25)15-20(19)26-21(30)11-12-22(31)29-14-13-18(28-29)16-7-5-4-6-8-16/h4-10,15H,11-14H2,1-3H3,(H,26,30)(H,27,32). The van der Waals surface area contributed by atoms with Crippen LogP contribution in [0.5, 0.6) is 0 Å². The summed E-state index contributed by atoms with van der Waals surface area (Å²) in [5.41, 5.74) is 1.32. The second kappa shape index (κ2) is 10.2. The van der Waals surface area contributed by atoms with Gasteiger partial charge in [0.15, 0.2) is 0 Å². The minimum atomic E-state index is -0.735. The van der Waals surface area contributed by atoms with Crippen molar-refractivity contribution in [2.24, 2.45) is 5.10 Å². The predicted octanol–water partition coefficient (Wildman–Crippen LogP) is 4.53. The maximum Gasteiger partial charge on any atom is 0.412 e. The second-order valence-electron chi connectivity index (χ2n) is 8.54. The number of benzene rings is 2. The minimum absolute atomic E-state index is 0.0540. The molecule has 174 valence electrons. The highest BCUT2D eigenvalue weighted by molar-refractivity contribution is 6.03. The van der Waals surface area contributed by atoms with Crippen LogP contribution in [-0.2, 0) is 14.3 Å². The Morgan fingerprint density at radius 2 is 1.76 bits per heavy atom. The number of amides is 3. The van der Waals surface area contributed by atoms with E-state index in [1.807, 2.05) is 30.3 Å². The molecule has 8 nitrogen and oxygen atoms in total. The third kappa shape index (κ3) is 7.13. The molecule has 2 aromatic rings. The lowest BCUT2D eigenvalue weighted by molar-refractivity contribution is -0.132. The first-order chi connectivity index (χ1) is 15.6. The maximum atomic E-state index is 13.7. The number of ether oxygens (including phenoxy) is 1. The molecule has 0 fully saturated rings. The molecule has 9 heteroatoms. The smallest absolute Gasteiger partial charge is 0.412 e. The number of hydrogen-bond acceptors (Lipinski definition) is 5. The van der Waals surface area contributed by atoms with Gasteiger partial charge in [-0.1, -0.05) is 30.3 Å². The molecule has 0 saturated heterocycles. The first-order valence-corrected chi connectivity index (χ1v) is 10.6. The van der Waals surface area contributed by atoms with Gasteiger partial charge in [0.05, 0.1) is 23.6 Å². The number of carbonyl (C=O) groups is 3. The molecule has 0 radical (unpaired) electrons. The summed E-state index contributed by atoms with van der Waals surface area (Å²) in [5, 5.41) is 10.8. The van der Waals surface area contributed by atoms with E-state index in [0.717, 1.165) is 23.4 Å². The Hall–Kier alpha value is -3.75. The molecule has 33 heavy (non-hydrogen) atoms. The number of anilines is 2. The highest BCUT2D eigenvalue weighted by atomic mass is 19.1. The molecule has 1 aliphatic rings. The Bertz CT molecular complexity index is 1060. The Labute approximate surface area is 191 Å². The van der Waals surface area contributed by atoms with Crippen molar-refractivity contribution in [3.8, 4) is 0 Å². The van der Waals surface area contributed by atoms with Crippen LogP contribution in [0.25, 0.3) is 0 Å². The first-order valence-electron chi connectivity index (χ1n) is 10.6. The zero-order valence-corrected chi connectivity index (χ0v) is 18.9. The molecular weight excluding hydrogens is 427 g/mol. The molecule has 1 aliphatic heterocycles. The van der Waals surface area contributed by atoms with Crippen LogP contribution in [0.3, 0.4) is 0 Å². The van der Waals surface area contributed by atoms with E-state index in [-0.39, 0.29) is 30.1 Å². The van der Waals surface area contributed by atoms with E-state index in [1.165, 1.54) is 11.1 Å². The molecule has 2 N–H and O–H groups in total. The van der Waals surface area contributed by atoms with E-state index in [4.69, 9.17) is 4.74 Å². The van der Waals surface area contributed by atoms with Crippen molar-refractivity contribution < 1.29 is 23.5 Å². The molecule has 0 unspecified atom stereocenters. The Kier molecular flexibility index (Phi) is 7.42. The topological polar surface area (TPSA) is 100 Å². The lowest BCUT2D eigenvalue weighted by atomic mass is 10.1. The molecular formula is C24H27FN4O4. The average molecular weight is 455 g/mol. The second-order valence-corrected chi connectivity index (χ2v) is 8.54. The predicted molar refractivity (Wildman–Crippen MR) is 123 cm³/mol. The molecule has 0 bridgehead atoms. The van der Waals surface area contributed by atoms with Crippen LogP contribution < -0.4 is 10.6 Å². The van der Waals surface area contributed by atoms with E-state index in [1.54, 1.807) is 20.8 Å². The summed E-state index contributed by atoms with van der Waals surface area (Å²) in [5.74, 6) is -1.36. The summed E-state index contributed by atoms with van der Waals surface area (Å²) in [7, 11) is 0. The van der Waals surface area contributed by atoms with Crippen LogP contribution in [0.15, 0.2) is 53.6 Å². The van der Waals surface area contributed by atoms with Gasteiger partial charge in [-0.2, -0.15) is 5.10 Å². The highest BCUT2D eigenvalue weighted by Crippen LogP contribution is 2.24. The quantitative estimate of drug-likeness (QED) is 0.670. The molecule has 3 amide bonds. The molecule has 1 heterocycles. The van der Waals surface area contributed by atoms with Crippen molar-refractivity contribution in [2.45, 2.75) is 45.6 Å². The van der Waals surface area contributed by atoms with E-state index < -0.39 is 23.4 Å². The van der Waals surface area contributed by atoms with E-state index in [9.17, 15) is 18.8 Å². The van der Waals surface area contributed by atoms with Gasteiger partial charge in [0.25, 0.3) is 0 Å². The van der Waals surface area contributed by atoms with E-state index in [2.05, 4.69) is 15.7 Å². The molecule has 2 aromatic carbocycles. The molecule has 3 rings (SSSR count). The number of rotatable bonds is 6. The van der Waals surface area contributed by atoms with Crippen molar-refractivity contribution in [2.75, 3.05) is 17.2 Å². The SMILES string of the molecule is CC(C)(C)OC(=O)Nc1ccc(F)cc1NC(=O)CCC(=O)N1CCC(c2ccccc2)=N1. The zero-order chi connectivity index (χ0) is 24.0. The van der Waals surface area contributed by atoms with Gasteiger partial charge in [0.2, 0.25) is 11.8 Å². The monoisotopic (exact) mass is 454 g/mol. The van der Waals surface area contributed by atoms with Gasteiger partial charge in [-0.3, -0.25) is 14.9 Å². The Morgan fingerprint density at radius 3 is 2.45 bits per heavy atom. The third-order valence-corrected chi connectivity index (χ3v) is 4.65. The number of hydrazone groups is 1. The fourth-order valence-corrected chi connectivity index (χ4v) is 3.18. The van der Waals surface area contributed by atoms with Crippen LogP contribution >= 0.6 is 0 Å². The van der Waals surface area contributed by atoms with Crippen molar-refractivity contribution >= 4 is 35.0 Å². The largest absolute Gasteiger partial charge is 0.444 e. The lowest BCUT2D eigenvalue weighted by Gasteiger charge is -2.20. The number of nitrogens with one attached hydrogen (secondary N) is 2. The minimum Gasteiger partial charge on any atom is -0.444 e. The lowest BCUT2D eigenvalue weighted by Crippen LogP contribution is -2.28. The van der Waals surface area contributed by atoms with Crippen LogP contribution in [0, 0.1) is 5.82 Å². The summed E-state index contributed by atoms with van der Waals surface area (Å²) < 4.78 is 18.9. The molecule has 0 aromatic heterocycles. The average Bonchev–Trinajstić information content (AvgIpc) is 3.24. The highest BCUT2D eigenvalue weighted by Gasteiger charge is 2.22. The van der Waals surface area contributed by atoms with Crippen molar-refractivity contribution in [3.05, 3.63) is 59.9 Å². The summed E-state index contributed by atoms with van der Waals surface area (Å²) in [6, 6.07) is 13.2. The van der Waals surface area contributed by atoms with Crippen LogP contribution in [0.1, 0.15) is 45.6 Å². The van der Waals surface area contributed by atoms with Gasteiger partial charge in [-0.15, -0.1) is 0 Å². The van der Waals surface area contributed by atoms with Gasteiger partial charge in [-0.25, -0.2) is 14.2 Å². The molecule has 0 aliphatic carbocycles. The van der Waals surface area contributed by atoms with Gasteiger partial charge in [0, 0.05) is 19.3 Å². The summed E-state index contributed by atoms with van der Waals surface area (Å²) in [6.45, 7) is 5.59. The fourth-order valence-electron chi connectivity index (χ4n) is 3.18.